The van der Waals surface area contributed by atoms with E-state index in [-0.39, 0.29) is 5.91 Å². The number of carbonyl (C=O) groups excluding carboxylic acids is 1. The Labute approximate surface area is 127 Å². The Kier molecular flexibility index (Phi) is 5.37. The van der Waals surface area contributed by atoms with Gasteiger partial charge >= 0.3 is 0 Å². The van der Waals surface area contributed by atoms with Gasteiger partial charge in [0, 0.05) is 12.2 Å². The molecule has 1 saturated heterocycles. The molecule has 116 valence electrons. The minimum Gasteiger partial charge on any atom is -0.324 e. The normalized spacial score (nSPS) is 16.1. The molecule has 1 aromatic carbocycles. The number of benzene rings is 1. The van der Waals surface area contributed by atoms with Crippen LogP contribution < -0.4 is 10.6 Å². The van der Waals surface area contributed by atoms with Gasteiger partial charge in [0.05, 0.1) is 5.54 Å². The molecular formula is C17H27N3O. The molecule has 2 rings (SSSR count). The predicted octanol–water partition coefficient (Wildman–Crippen LogP) is 2.61. The predicted molar refractivity (Wildman–Crippen MR) is 87.3 cm³/mol. The summed E-state index contributed by atoms with van der Waals surface area (Å²) in [5.74, 6) is 0.00247. The quantitative estimate of drug-likeness (QED) is 0.846. The van der Waals surface area contributed by atoms with Gasteiger partial charge in [-0.3, -0.25) is 9.69 Å². The topological polar surface area (TPSA) is 44.4 Å². The molecule has 2 N–H and O–H groups in total. The second kappa shape index (κ2) is 7.05. The summed E-state index contributed by atoms with van der Waals surface area (Å²) in [5.41, 5.74) is 1.58. The first-order valence-electron chi connectivity index (χ1n) is 7.89. The molecule has 0 radical (unpaired) electrons. The number of anilines is 1. The van der Waals surface area contributed by atoms with Gasteiger partial charge in [0.2, 0.25) is 5.91 Å². The Morgan fingerprint density at radius 2 is 2.00 bits per heavy atom. The molecule has 1 heterocycles. The third-order valence-electron chi connectivity index (χ3n) is 3.98. The van der Waals surface area contributed by atoms with Crippen molar-refractivity contribution in [2.24, 2.45) is 0 Å². The Balaban J connectivity index is 1.98. The minimum atomic E-state index is -0.556. The smallest absolute Gasteiger partial charge is 0.244 e. The number of rotatable bonds is 6. The molecule has 1 aliphatic rings. The number of nitrogens with one attached hydrogen (secondary N) is 2. The first-order chi connectivity index (χ1) is 10.0. The fourth-order valence-electron chi connectivity index (χ4n) is 2.76. The van der Waals surface area contributed by atoms with E-state index in [1.807, 2.05) is 32.9 Å². The zero-order valence-corrected chi connectivity index (χ0v) is 13.4. The molecule has 0 aliphatic carbocycles. The van der Waals surface area contributed by atoms with Crippen LogP contribution >= 0.6 is 0 Å². The second-order valence-electron chi connectivity index (χ2n) is 6.29. The van der Waals surface area contributed by atoms with Gasteiger partial charge in [-0.15, -0.1) is 0 Å². The zero-order valence-electron chi connectivity index (χ0n) is 13.4. The first-order valence-corrected chi connectivity index (χ1v) is 7.89. The van der Waals surface area contributed by atoms with E-state index in [0.717, 1.165) is 18.8 Å². The van der Waals surface area contributed by atoms with Gasteiger partial charge in [-0.2, -0.15) is 0 Å². The van der Waals surface area contributed by atoms with Crippen molar-refractivity contribution in [3.05, 3.63) is 29.8 Å². The van der Waals surface area contributed by atoms with E-state index in [0.29, 0.717) is 0 Å². The molecule has 0 aromatic heterocycles. The lowest BCUT2D eigenvalue weighted by molar-refractivity contribution is -0.121. The van der Waals surface area contributed by atoms with E-state index in [1.165, 1.54) is 31.5 Å². The Morgan fingerprint density at radius 1 is 1.29 bits per heavy atom. The Morgan fingerprint density at radius 3 is 2.67 bits per heavy atom. The highest BCUT2D eigenvalue weighted by Gasteiger charge is 2.26. The molecule has 1 aliphatic heterocycles. The summed E-state index contributed by atoms with van der Waals surface area (Å²) < 4.78 is 0. The summed E-state index contributed by atoms with van der Waals surface area (Å²) in [7, 11) is 0. The monoisotopic (exact) mass is 289 g/mol. The van der Waals surface area contributed by atoms with Gasteiger partial charge in [-0.25, -0.2) is 0 Å². The molecule has 0 bridgehead atoms. The highest BCUT2D eigenvalue weighted by Crippen LogP contribution is 2.17. The molecule has 1 aromatic rings. The molecule has 0 unspecified atom stereocenters. The van der Waals surface area contributed by atoms with Crippen LogP contribution in [0.15, 0.2) is 24.3 Å². The van der Waals surface area contributed by atoms with E-state index in [1.54, 1.807) is 0 Å². The average Bonchev–Trinajstić information content (AvgIpc) is 2.92. The van der Waals surface area contributed by atoms with Gasteiger partial charge in [0.1, 0.15) is 0 Å². The number of amides is 1. The largest absolute Gasteiger partial charge is 0.324 e. The Bertz CT molecular complexity index is 479. The van der Waals surface area contributed by atoms with Crippen LogP contribution in [0, 0.1) is 0 Å². The van der Waals surface area contributed by atoms with Crippen molar-refractivity contribution < 1.29 is 4.79 Å². The molecule has 4 heteroatoms. The molecule has 1 amide bonds. The van der Waals surface area contributed by atoms with Crippen molar-refractivity contribution in [2.45, 2.75) is 45.7 Å². The summed E-state index contributed by atoms with van der Waals surface area (Å²) in [6, 6.07) is 8.18. The van der Waals surface area contributed by atoms with E-state index >= 15 is 0 Å². The van der Waals surface area contributed by atoms with Crippen LogP contribution in [0.3, 0.4) is 0 Å². The molecule has 1 fully saturated rings. The van der Waals surface area contributed by atoms with Crippen molar-refractivity contribution in [2.75, 3.05) is 25.0 Å². The van der Waals surface area contributed by atoms with E-state index in [4.69, 9.17) is 0 Å². The highest BCUT2D eigenvalue weighted by atomic mass is 16.2. The van der Waals surface area contributed by atoms with Gasteiger partial charge in [0.15, 0.2) is 0 Å². The van der Waals surface area contributed by atoms with Crippen molar-refractivity contribution in [1.82, 2.24) is 10.2 Å². The van der Waals surface area contributed by atoms with Crippen LogP contribution in [0.4, 0.5) is 5.69 Å². The fourth-order valence-corrected chi connectivity index (χ4v) is 2.76. The van der Waals surface area contributed by atoms with E-state index < -0.39 is 5.54 Å². The van der Waals surface area contributed by atoms with Gasteiger partial charge in [0.25, 0.3) is 0 Å². The lowest BCUT2D eigenvalue weighted by Crippen LogP contribution is -2.49. The third kappa shape index (κ3) is 4.55. The fraction of sp³-hybridized carbons (Fsp3) is 0.588. The average molecular weight is 289 g/mol. The number of likely N-dealkylation sites (N-methyl/N-ethyl adjacent to an activating group) is 1. The summed E-state index contributed by atoms with van der Waals surface area (Å²) in [6.45, 7) is 9.93. The van der Waals surface area contributed by atoms with Crippen LogP contribution in [-0.2, 0) is 11.3 Å². The molecule has 4 nitrogen and oxygen atoms in total. The lowest BCUT2D eigenvalue weighted by Gasteiger charge is -2.24. The Hall–Kier alpha value is -1.39. The van der Waals surface area contributed by atoms with Crippen LogP contribution in [0.2, 0.25) is 0 Å². The van der Waals surface area contributed by atoms with Gasteiger partial charge in [-0.1, -0.05) is 19.1 Å². The van der Waals surface area contributed by atoms with Gasteiger partial charge < -0.3 is 10.6 Å². The maximum atomic E-state index is 12.3. The number of hydrogen-bond donors (Lipinski definition) is 2. The highest BCUT2D eigenvalue weighted by molar-refractivity contribution is 5.97. The summed E-state index contributed by atoms with van der Waals surface area (Å²) in [5, 5.41) is 6.21. The van der Waals surface area contributed by atoms with Crippen molar-refractivity contribution in [3.8, 4) is 0 Å². The van der Waals surface area contributed by atoms with Gasteiger partial charge in [-0.05, 0) is 64.0 Å². The number of likely N-dealkylation sites (tertiary alicyclic amines) is 1. The summed E-state index contributed by atoms with van der Waals surface area (Å²) in [6.07, 6.45) is 2.60. The standard InChI is InChI=1S/C17H27N3O/c1-4-18-17(2,3)16(21)19-15-9-7-8-14(12-15)13-20-10-5-6-11-20/h7-9,12,18H,4-6,10-11,13H2,1-3H3,(H,19,21). The summed E-state index contributed by atoms with van der Waals surface area (Å²) in [4.78, 5) is 14.8. The second-order valence-corrected chi connectivity index (χ2v) is 6.29. The van der Waals surface area contributed by atoms with Crippen molar-refractivity contribution in [3.63, 3.8) is 0 Å². The molecule has 21 heavy (non-hydrogen) atoms. The maximum absolute atomic E-state index is 12.3. The number of carbonyl (C=O) groups is 1. The number of nitrogens with zero attached hydrogens (tertiary/aromatic N) is 1. The number of hydrogen-bond acceptors (Lipinski definition) is 3. The van der Waals surface area contributed by atoms with Crippen LogP contribution in [0.5, 0.6) is 0 Å². The first kappa shape index (κ1) is 16.0. The maximum Gasteiger partial charge on any atom is 0.244 e. The summed E-state index contributed by atoms with van der Waals surface area (Å²) >= 11 is 0. The molecule has 0 saturated carbocycles. The SMILES string of the molecule is CCNC(C)(C)C(=O)Nc1cccc(CN2CCCC2)c1. The van der Waals surface area contributed by atoms with Crippen molar-refractivity contribution in [1.29, 1.82) is 0 Å². The van der Waals surface area contributed by atoms with Crippen LogP contribution in [0.25, 0.3) is 0 Å². The zero-order chi connectivity index (χ0) is 15.3. The molecule has 0 spiro atoms. The van der Waals surface area contributed by atoms with E-state index in [9.17, 15) is 4.79 Å². The minimum absolute atomic E-state index is 0.00247. The molecule has 0 atom stereocenters. The van der Waals surface area contributed by atoms with Crippen LogP contribution in [0.1, 0.15) is 39.2 Å². The lowest BCUT2D eigenvalue weighted by atomic mass is 10.0. The van der Waals surface area contributed by atoms with Crippen molar-refractivity contribution >= 4 is 11.6 Å². The third-order valence-corrected chi connectivity index (χ3v) is 3.98. The van der Waals surface area contributed by atoms with Crippen LogP contribution in [-0.4, -0.2) is 36.0 Å². The molecular weight excluding hydrogens is 262 g/mol. The van der Waals surface area contributed by atoms with E-state index in [2.05, 4.69) is 27.7 Å².